The van der Waals surface area contributed by atoms with E-state index in [0.717, 1.165) is 0 Å². The van der Waals surface area contributed by atoms with Crippen LogP contribution < -0.4 is 10.8 Å². The van der Waals surface area contributed by atoms with E-state index in [1.54, 1.807) is 0 Å². The van der Waals surface area contributed by atoms with Crippen LogP contribution in [-0.4, -0.2) is 97.1 Å². The fourth-order valence-electron chi connectivity index (χ4n) is 3.85. The maximum absolute atomic E-state index is 6.66. The van der Waals surface area contributed by atoms with Gasteiger partial charge in [0.15, 0.2) is 0 Å². The van der Waals surface area contributed by atoms with Crippen molar-refractivity contribution in [2.24, 2.45) is 10.8 Å². The standard InChI is InChI=1S/C12H30NO6Si2.C11H26NO4Si.C3H7O.Al/c1-9(2)15-20(13,16-10(3)4)19-21(14,17-11(5)6)18-12(7)8;1-8(2)14-17(12,15-9(3)4)16-11(6)7-10(5)13;1-3(2)4;/h9-12H,13H2,1-8H3;8-11H,7,12H2,1-6H3;3H,1-2H3;/q3*-1;+3. The average Bonchev–Trinajstić information content (AvgIpc) is 2.67. The summed E-state index contributed by atoms with van der Waals surface area (Å²) in [6.45, 7) is 30.0. The summed E-state index contributed by atoms with van der Waals surface area (Å²) >= 11 is -3.01. The molecule has 0 saturated heterocycles. The van der Waals surface area contributed by atoms with Gasteiger partial charge in [-0.15, -0.1) is 0 Å². The molecule has 0 saturated carbocycles. The molecule has 0 aromatic heterocycles. The molecule has 0 spiro atoms. The third kappa shape index (κ3) is 20.5. The summed E-state index contributed by atoms with van der Waals surface area (Å²) in [7, 11) is -11.3. The van der Waals surface area contributed by atoms with E-state index in [2.05, 4.69) is 0 Å². The molecule has 0 bridgehead atoms. The summed E-state index contributed by atoms with van der Waals surface area (Å²) in [6, 6.07) is 0. The third-order valence-electron chi connectivity index (χ3n) is 4.62. The van der Waals surface area contributed by atoms with Crippen molar-refractivity contribution in [3.63, 3.8) is 0 Å². The maximum atomic E-state index is 6.66. The Morgan fingerprint density at radius 3 is 1.16 bits per heavy atom. The second-order valence-electron chi connectivity index (χ2n) is 12.5. The SMILES string of the molecule is CC(C)[O][Al]([O]C(C)CC(C)O[Si](N)(OC(C)C)OC(C)C)[O][Si](OC(C)C)(OC(C)C)O[Si](N)(OC(C)C)OC(C)C. The molecule has 258 valence electrons. The van der Waals surface area contributed by atoms with Gasteiger partial charge in [-0.2, -0.15) is 0 Å². The van der Waals surface area contributed by atoms with Crippen LogP contribution in [0.15, 0.2) is 0 Å². The van der Waals surface area contributed by atoms with Crippen molar-refractivity contribution < 1.29 is 46.2 Å². The second-order valence-corrected chi connectivity index (χ2v) is 20.5. The predicted molar refractivity (Wildman–Crippen MR) is 173 cm³/mol. The highest BCUT2D eigenvalue weighted by molar-refractivity contribution is 6.73. The quantitative estimate of drug-likeness (QED) is 0.138. The molecule has 4 N–H and O–H groups in total. The first-order valence-corrected chi connectivity index (χ1v) is 22.2. The van der Waals surface area contributed by atoms with E-state index in [4.69, 9.17) is 57.0 Å². The Kier molecular flexibility index (Phi) is 20.4. The van der Waals surface area contributed by atoms with E-state index in [1.807, 2.05) is 111 Å². The number of nitrogens with two attached hydrogens (primary N) is 2. The lowest BCUT2D eigenvalue weighted by atomic mass is 10.2. The van der Waals surface area contributed by atoms with E-state index in [0.29, 0.717) is 6.42 Å². The normalized spacial score (nSPS) is 15.3. The smallest absolute Gasteiger partial charge is 0.453 e. The molecule has 0 radical (unpaired) electrons. The summed E-state index contributed by atoms with van der Waals surface area (Å²) in [5.41, 5.74) is 0. The van der Waals surface area contributed by atoms with Crippen molar-refractivity contribution in [2.45, 2.75) is 172 Å². The lowest BCUT2D eigenvalue weighted by molar-refractivity contribution is -0.0567. The zero-order chi connectivity index (χ0) is 33.8. The third-order valence-corrected chi connectivity index (χ3v) is 15.6. The summed E-state index contributed by atoms with van der Waals surface area (Å²) in [5.74, 6) is 0. The average molecular weight is 691 g/mol. The highest BCUT2D eigenvalue weighted by Gasteiger charge is 2.61. The van der Waals surface area contributed by atoms with Crippen LogP contribution in [0.4, 0.5) is 0 Å². The van der Waals surface area contributed by atoms with E-state index in [-0.39, 0.29) is 54.9 Å². The van der Waals surface area contributed by atoms with E-state index >= 15 is 0 Å². The molecule has 0 aliphatic rings. The van der Waals surface area contributed by atoms with Gasteiger partial charge in [-0.25, -0.2) is 0 Å². The largest absolute Gasteiger partial charge is 0.899 e. The minimum Gasteiger partial charge on any atom is -0.453 e. The van der Waals surface area contributed by atoms with Crippen LogP contribution in [0.5, 0.6) is 0 Å². The molecule has 13 nitrogen and oxygen atoms in total. The number of rotatable bonds is 24. The van der Waals surface area contributed by atoms with Crippen molar-refractivity contribution in [3.8, 4) is 0 Å². The van der Waals surface area contributed by atoms with Crippen molar-refractivity contribution >= 4 is 42.1 Å². The van der Waals surface area contributed by atoms with Crippen molar-refractivity contribution in [2.75, 3.05) is 0 Å². The highest BCUT2D eigenvalue weighted by Crippen LogP contribution is 2.26. The Morgan fingerprint density at radius 1 is 0.442 bits per heavy atom. The fraction of sp³-hybridized carbons (Fsp3) is 1.00. The first kappa shape index (κ1) is 43.7. The van der Waals surface area contributed by atoms with Gasteiger partial charge in [0.05, 0.1) is 6.10 Å². The van der Waals surface area contributed by atoms with Crippen LogP contribution in [-0.2, 0) is 46.2 Å². The summed E-state index contributed by atoms with van der Waals surface area (Å²) in [6.07, 6.45) is -2.04. The molecule has 0 amide bonds. The Morgan fingerprint density at radius 2 is 0.814 bits per heavy atom. The van der Waals surface area contributed by atoms with Gasteiger partial charge in [0.1, 0.15) is 0 Å². The van der Waals surface area contributed by atoms with Crippen molar-refractivity contribution in [1.29, 1.82) is 0 Å². The summed E-state index contributed by atoms with van der Waals surface area (Å²) < 4.78 is 68.1. The summed E-state index contributed by atoms with van der Waals surface area (Å²) in [5, 5.41) is 13.1. The lowest BCUT2D eigenvalue weighted by Gasteiger charge is -2.39. The lowest BCUT2D eigenvalue weighted by Crippen LogP contribution is -2.69. The fourth-order valence-corrected chi connectivity index (χ4v) is 14.2. The molecular formula is C26H63AlN2O11Si3. The summed E-state index contributed by atoms with van der Waals surface area (Å²) in [4.78, 5) is 0. The molecule has 0 rings (SSSR count). The maximum Gasteiger partial charge on any atom is 0.899 e. The van der Waals surface area contributed by atoms with E-state index < -0.39 is 42.1 Å². The molecule has 17 heteroatoms. The highest BCUT2D eigenvalue weighted by atomic mass is 28.5. The molecule has 0 aromatic rings. The van der Waals surface area contributed by atoms with Crippen LogP contribution in [0, 0.1) is 0 Å². The van der Waals surface area contributed by atoms with E-state index in [1.165, 1.54) is 0 Å². The minimum atomic E-state index is -4.09. The molecular weight excluding hydrogens is 628 g/mol. The molecule has 2 atom stereocenters. The van der Waals surface area contributed by atoms with Crippen LogP contribution in [0.3, 0.4) is 0 Å². The molecule has 0 aliphatic heterocycles. The van der Waals surface area contributed by atoms with Crippen LogP contribution in [0.25, 0.3) is 0 Å². The zero-order valence-corrected chi connectivity index (χ0v) is 33.8. The number of hydrogen-bond acceptors (Lipinski definition) is 13. The molecule has 2 unspecified atom stereocenters. The van der Waals surface area contributed by atoms with Gasteiger partial charge in [0, 0.05) is 48.8 Å². The van der Waals surface area contributed by atoms with Gasteiger partial charge in [-0.05, 0) is 117 Å². The second kappa shape index (κ2) is 20.1. The molecule has 0 aliphatic carbocycles. The Hall–Kier alpha value is 0.663. The van der Waals surface area contributed by atoms with Gasteiger partial charge in [-0.1, -0.05) is 0 Å². The Balaban J connectivity index is 6.20. The predicted octanol–water partition coefficient (Wildman–Crippen LogP) is 4.40. The molecule has 0 fully saturated rings. The van der Waals surface area contributed by atoms with Gasteiger partial charge in [0.25, 0.3) is 0 Å². The minimum absolute atomic E-state index is 0.154. The Labute approximate surface area is 270 Å². The number of hydrogen-bond donors (Lipinski definition) is 2. The molecule has 0 heterocycles. The van der Waals surface area contributed by atoms with Gasteiger partial charge in [-0.3, -0.25) is 10.8 Å². The van der Waals surface area contributed by atoms with Gasteiger partial charge < -0.3 is 46.2 Å². The molecule has 43 heavy (non-hydrogen) atoms. The van der Waals surface area contributed by atoms with Crippen LogP contribution >= 0.6 is 0 Å². The first-order valence-electron chi connectivity index (χ1n) is 15.5. The van der Waals surface area contributed by atoms with Crippen LogP contribution in [0.2, 0.25) is 0 Å². The zero-order valence-electron chi connectivity index (χ0n) is 29.6. The first-order chi connectivity index (χ1) is 19.5. The monoisotopic (exact) mass is 690 g/mol. The molecule has 0 aromatic carbocycles. The van der Waals surface area contributed by atoms with E-state index in [9.17, 15) is 0 Å². The Bertz CT molecular complexity index is 725. The van der Waals surface area contributed by atoms with Crippen LogP contribution in [0.1, 0.15) is 117 Å². The van der Waals surface area contributed by atoms with Crippen molar-refractivity contribution in [3.05, 3.63) is 0 Å². The van der Waals surface area contributed by atoms with Gasteiger partial charge >= 0.3 is 42.1 Å². The topological polar surface area (TPSA) is 154 Å². The van der Waals surface area contributed by atoms with Crippen molar-refractivity contribution in [1.82, 2.24) is 0 Å². The van der Waals surface area contributed by atoms with Gasteiger partial charge in [0.2, 0.25) is 0 Å².